The topological polar surface area (TPSA) is 47.6 Å². The molecule has 0 atom stereocenters. The Kier molecular flexibility index (Phi) is 12.3. The number of hydrogen-bond acceptors (Lipinski definition) is 3. The quantitative estimate of drug-likeness (QED) is 0.217. The van der Waals surface area contributed by atoms with Crippen LogP contribution in [-0.4, -0.2) is 6.21 Å². The minimum atomic E-state index is 0.579. The second kappa shape index (κ2) is 14.4. The van der Waals surface area contributed by atoms with Crippen molar-refractivity contribution in [3.05, 3.63) is 70.8 Å². The van der Waals surface area contributed by atoms with Crippen LogP contribution in [0.4, 0.5) is 0 Å². The van der Waals surface area contributed by atoms with Crippen LogP contribution in [0.1, 0.15) is 85.6 Å². The van der Waals surface area contributed by atoms with Gasteiger partial charge >= 0.3 is 0 Å². The summed E-state index contributed by atoms with van der Waals surface area (Å²) in [6, 6.07) is 8.13. The average molecular weight is 409 g/mol. The van der Waals surface area contributed by atoms with E-state index in [2.05, 4.69) is 50.9 Å². The van der Waals surface area contributed by atoms with E-state index in [0.29, 0.717) is 5.82 Å². The summed E-state index contributed by atoms with van der Waals surface area (Å²) in [5.74, 6) is 2.43. The maximum absolute atomic E-state index is 6.43. The van der Waals surface area contributed by atoms with Gasteiger partial charge in [-0.2, -0.15) is 0 Å². The molecule has 164 valence electrons. The van der Waals surface area contributed by atoms with E-state index in [0.717, 1.165) is 66.7 Å². The first-order valence-corrected chi connectivity index (χ1v) is 11.3. The van der Waals surface area contributed by atoms with Crippen molar-refractivity contribution in [2.75, 3.05) is 0 Å². The molecular weight excluding hydrogens is 368 g/mol. The Bertz CT molecular complexity index is 810. The van der Waals surface area contributed by atoms with Crippen molar-refractivity contribution >= 4 is 11.8 Å². The van der Waals surface area contributed by atoms with Crippen LogP contribution in [0.2, 0.25) is 0 Å². The smallest absolute Gasteiger partial charge is 0.134 e. The van der Waals surface area contributed by atoms with E-state index in [1.165, 1.54) is 5.57 Å². The van der Waals surface area contributed by atoms with Gasteiger partial charge in [-0.25, -0.2) is 4.99 Å². The molecule has 0 aliphatic heterocycles. The fourth-order valence-corrected chi connectivity index (χ4v) is 2.85. The normalized spacial score (nSPS) is 14.3. The van der Waals surface area contributed by atoms with Crippen LogP contribution in [0.25, 0.3) is 5.57 Å². The summed E-state index contributed by atoms with van der Waals surface area (Å²) < 4.78 is 6.43. The number of rotatable bonds is 12. The fraction of sp³-hybridized carbons (Fsp3) is 0.444. The molecule has 3 nitrogen and oxygen atoms in total. The molecule has 0 spiro atoms. The summed E-state index contributed by atoms with van der Waals surface area (Å²) in [7, 11) is 0. The molecule has 0 bridgehead atoms. The number of nitrogens with zero attached hydrogens (tertiary/aromatic N) is 1. The van der Waals surface area contributed by atoms with Gasteiger partial charge in [0.15, 0.2) is 0 Å². The van der Waals surface area contributed by atoms with Gasteiger partial charge in [0, 0.05) is 18.2 Å². The van der Waals surface area contributed by atoms with E-state index in [-0.39, 0.29) is 0 Å². The Labute approximate surface area is 184 Å². The SMILES string of the molecule is C\C=C(/C=N\C(N)=C(\C)CC)c1ccccc1O/C(=C/C(C)=C\CCC)CCCC. The van der Waals surface area contributed by atoms with Gasteiger partial charge in [-0.3, -0.25) is 0 Å². The van der Waals surface area contributed by atoms with Gasteiger partial charge < -0.3 is 10.5 Å². The molecule has 0 unspecified atom stereocenters. The number of hydrogen-bond donors (Lipinski definition) is 1. The average Bonchev–Trinajstić information content (AvgIpc) is 2.76. The highest BCUT2D eigenvalue weighted by molar-refractivity contribution is 6.11. The minimum Gasteiger partial charge on any atom is -0.461 e. The standard InChI is InChI=1S/C27H40N2O/c1-7-11-15-21(5)19-24(16-12-8-2)30-26-18-14-13-17-25(26)23(10-4)20-29-27(28)22(6)9-3/h10,13-15,17-20H,7-9,11-12,16,28H2,1-6H3/b21-15-,23-10+,24-19+,27-22-,29-20-. The Morgan fingerprint density at radius 3 is 2.47 bits per heavy atom. The zero-order chi connectivity index (χ0) is 22.4. The van der Waals surface area contributed by atoms with Crippen molar-refractivity contribution in [1.29, 1.82) is 0 Å². The zero-order valence-corrected chi connectivity index (χ0v) is 19.8. The molecule has 0 amide bonds. The molecule has 1 rings (SSSR count). The monoisotopic (exact) mass is 408 g/mol. The van der Waals surface area contributed by atoms with Crippen molar-refractivity contribution in [2.45, 2.75) is 80.1 Å². The highest BCUT2D eigenvalue weighted by Crippen LogP contribution is 2.28. The first kappa shape index (κ1) is 25.5. The molecule has 0 aliphatic carbocycles. The minimum absolute atomic E-state index is 0.579. The summed E-state index contributed by atoms with van der Waals surface area (Å²) in [6.45, 7) is 12.7. The molecule has 1 aromatic rings. The summed E-state index contributed by atoms with van der Waals surface area (Å²) in [5.41, 5.74) is 10.4. The van der Waals surface area contributed by atoms with E-state index < -0.39 is 0 Å². The number of allylic oxidation sites excluding steroid dienone is 7. The van der Waals surface area contributed by atoms with Crippen LogP contribution in [0.5, 0.6) is 5.75 Å². The fourth-order valence-electron chi connectivity index (χ4n) is 2.85. The molecule has 0 saturated heterocycles. The van der Waals surface area contributed by atoms with Gasteiger partial charge in [-0.15, -0.1) is 0 Å². The van der Waals surface area contributed by atoms with Crippen molar-refractivity contribution in [3.63, 3.8) is 0 Å². The van der Waals surface area contributed by atoms with E-state index in [9.17, 15) is 0 Å². The Balaban J connectivity index is 3.23. The molecule has 3 heteroatoms. The van der Waals surface area contributed by atoms with Crippen LogP contribution in [0, 0.1) is 0 Å². The molecule has 0 aromatic heterocycles. The molecule has 0 aliphatic rings. The first-order chi connectivity index (χ1) is 14.5. The lowest BCUT2D eigenvalue weighted by atomic mass is 10.1. The second-order valence-corrected chi connectivity index (χ2v) is 7.57. The highest BCUT2D eigenvalue weighted by Gasteiger charge is 2.10. The second-order valence-electron chi connectivity index (χ2n) is 7.57. The Morgan fingerprint density at radius 2 is 1.83 bits per heavy atom. The van der Waals surface area contributed by atoms with Crippen LogP contribution in [0.3, 0.4) is 0 Å². The van der Waals surface area contributed by atoms with Gasteiger partial charge in [0.25, 0.3) is 0 Å². The predicted octanol–water partition coefficient (Wildman–Crippen LogP) is 7.96. The summed E-state index contributed by atoms with van der Waals surface area (Å²) in [4.78, 5) is 4.48. The lowest BCUT2D eigenvalue weighted by Gasteiger charge is -2.15. The number of para-hydroxylation sites is 1. The summed E-state index contributed by atoms with van der Waals surface area (Å²) in [5, 5.41) is 0. The number of ether oxygens (including phenoxy) is 1. The summed E-state index contributed by atoms with van der Waals surface area (Å²) >= 11 is 0. The third kappa shape index (κ3) is 8.86. The Hall–Kier alpha value is -2.55. The van der Waals surface area contributed by atoms with Gasteiger partial charge in [0.2, 0.25) is 0 Å². The number of unbranched alkanes of at least 4 members (excludes halogenated alkanes) is 2. The zero-order valence-electron chi connectivity index (χ0n) is 19.8. The van der Waals surface area contributed by atoms with Crippen molar-refractivity contribution in [3.8, 4) is 5.75 Å². The van der Waals surface area contributed by atoms with E-state index in [4.69, 9.17) is 10.5 Å². The van der Waals surface area contributed by atoms with E-state index >= 15 is 0 Å². The maximum atomic E-state index is 6.43. The molecule has 30 heavy (non-hydrogen) atoms. The number of benzene rings is 1. The van der Waals surface area contributed by atoms with Gasteiger partial charge in [-0.05, 0) is 63.3 Å². The summed E-state index contributed by atoms with van der Waals surface area (Å²) in [6.07, 6.45) is 14.6. The maximum Gasteiger partial charge on any atom is 0.134 e. The van der Waals surface area contributed by atoms with Crippen LogP contribution in [0.15, 0.2) is 70.2 Å². The largest absolute Gasteiger partial charge is 0.461 e. The molecule has 0 heterocycles. The van der Waals surface area contributed by atoms with E-state index in [1.807, 2.05) is 44.3 Å². The van der Waals surface area contributed by atoms with Crippen LogP contribution in [-0.2, 0) is 0 Å². The number of aliphatic imine (C=N–C) groups is 1. The predicted molar refractivity (Wildman–Crippen MR) is 133 cm³/mol. The Morgan fingerprint density at radius 1 is 1.10 bits per heavy atom. The van der Waals surface area contributed by atoms with Crippen molar-refractivity contribution in [1.82, 2.24) is 0 Å². The first-order valence-electron chi connectivity index (χ1n) is 11.3. The third-order valence-corrected chi connectivity index (χ3v) is 4.98. The molecule has 1 aromatic carbocycles. The van der Waals surface area contributed by atoms with Gasteiger partial charge in [-0.1, -0.05) is 69.5 Å². The highest BCUT2D eigenvalue weighted by atomic mass is 16.5. The van der Waals surface area contributed by atoms with E-state index in [1.54, 1.807) is 0 Å². The lowest BCUT2D eigenvalue weighted by molar-refractivity contribution is 0.397. The molecule has 0 radical (unpaired) electrons. The molecule has 0 saturated carbocycles. The van der Waals surface area contributed by atoms with Crippen LogP contribution >= 0.6 is 0 Å². The van der Waals surface area contributed by atoms with Crippen LogP contribution < -0.4 is 10.5 Å². The molecule has 2 N–H and O–H groups in total. The van der Waals surface area contributed by atoms with Gasteiger partial charge in [0.05, 0.1) is 0 Å². The third-order valence-electron chi connectivity index (χ3n) is 4.98. The number of nitrogens with two attached hydrogens (primary N) is 1. The van der Waals surface area contributed by atoms with Crippen molar-refractivity contribution in [2.24, 2.45) is 10.7 Å². The molecule has 0 fully saturated rings. The lowest BCUT2D eigenvalue weighted by Crippen LogP contribution is -2.01. The molecular formula is C27H40N2O. The van der Waals surface area contributed by atoms with Crippen molar-refractivity contribution < 1.29 is 4.74 Å². The van der Waals surface area contributed by atoms with Gasteiger partial charge in [0.1, 0.15) is 17.3 Å².